The maximum atomic E-state index is 13.0. The number of halogens is 1. The Kier molecular flexibility index (Phi) is 4.15. The third kappa shape index (κ3) is 2.56. The summed E-state index contributed by atoms with van der Waals surface area (Å²) < 4.78 is 2.49. The van der Waals surface area contributed by atoms with E-state index in [-0.39, 0.29) is 17.4 Å². The molecule has 0 aliphatic carbocycles. The second kappa shape index (κ2) is 6.36. The van der Waals surface area contributed by atoms with Crippen molar-refractivity contribution in [3.63, 3.8) is 0 Å². The molecule has 5 nitrogen and oxygen atoms in total. The monoisotopic (exact) mass is 411 g/mol. The van der Waals surface area contributed by atoms with Gasteiger partial charge in [0.2, 0.25) is 5.91 Å². The number of nitrogens with zero attached hydrogens (tertiary/aromatic N) is 3. The van der Waals surface area contributed by atoms with E-state index in [1.54, 1.807) is 22.6 Å². The van der Waals surface area contributed by atoms with Gasteiger partial charge in [0.25, 0.3) is 5.56 Å². The number of para-hydroxylation sites is 1. The average molecular weight is 412 g/mol. The molecule has 0 spiro atoms. The standard InChI is InChI=1S/C20H18BrN3O2/c1-3-24-17-9-8-12(21)10-14(17)15(20(24)26)11-18-22-16-7-5-4-6-13(16)19(25)23(18)2/h4-10,15H,3,11H2,1-2H3. The summed E-state index contributed by atoms with van der Waals surface area (Å²) in [7, 11) is 1.72. The van der Waals surface area contributed by atoms with Gasteiger partial charge in [0.1, 0.15) is 5.82 Å². The van der Waals surface area contributed by atoms with E-state index < -0.39 is 0 Å². The molecule has 0 bridgehead atoms. The van der Waals surface area contributed by atoms with Gasteiger partial charge in [0, 0.05) is 30.2 Å². The maximum Gasteiger partial charge on any atom is 0.261 e. The number of anilines is 1. The minimum Gasteiger partial charge on any atom is -0.312 e. The van der Waals surface area contributed by atoms with Gasteiger partial charge >= 0.3 is 0 Å². The molecule has 2 aromatic carbocycles. The average Bonchev–Trinajstić information content (AvgIpc) is 2.90. The zero-order chi connectivity index (χ0) is 18.4. The summed E-state index contributed by atoms with van der Waals surface area (Å²) in [6.45, 7) is 2.59. The topological polar surface area (TPSA) is 55.2 Å². The summed E-state index contributed by atoms with van der Waals surface area (Å²) in [4.78, 5) is 32.1. The van der Waals surface area contributed by atoms with Gasteiger partial charge in [-0.15, -0.1) is 0 Å². The number of hydrogen-bond donors (Lipinski definition) is 0. The minimum atomic E-state index is -0.332. The van der Waals surface area contributed by atoms with Gasteiger partial charge in [0.05, 0.1) is 16.8 Å². The van der Waals surface area contributed by atoms with Crippen LogP contribution in [0.2, 0.25) is 0 Å². The molecule has 2 heterocycles. The van der Waals surface area contributed by atoms with E-state index in [1.807, 2.05) is 43.3 Å². The number of aromatic nitrogens is 2. The Morgan fingerprint density at radius 2 is 1.92 bits per heavy atom. The lowest BCUT2D eigenvalue weighted by Gasteiger charge is -2.16. The normalized spacial score (nSPS) is 16.3. The molecular weight excluding hydrogens is 394 g/mol. The van der Waals surface area contributed by atoms with Crippen LogP contribution in [0.25, 0.3) is 10.9 Å². The van der Waals surface area contributed by atoms with Gasteiger partial charge in [-0.05, 0) is 42.8 Å². The van der Waals surface area contributed by atoms with Gasteiger partial charge < -0.3 is 4.90 Å². The molecule has 6 heteroatoms. The molecule has 1 aliphatic rings. The molecule has 0 radical (unpaired) electrons. The van der Waals surface area contributed by atoms with Gasteiger partial charge in [-0.3, -0.25) is 14.2 Å². The highest BCUT2D eigenvalue weighted by Crippen LogP contribution is 2.40. The second-order valence-corrected chi connectivity index (χ2v) is 7.37. The SMILES string of the molecule is CCN1C(=O)C(Cc2nc3ccccc3c(=O)n2C)c2cc(Br)ccc21. The van der Waals surface area contributed by atoms with E-state index in [1.165, 1.54) is 0 Å². The smallest absolute Gasteiger partial charge is 0.261 e. The van der Waals surface area contributed by atoms with Crippen molar-refractivity contribution in [3.05, 3.63) is 68.7 Å². The predicted molar refractivity (Wildman–Crippen MR) is 106 cm³/mol. The molecule has 1 unspecified atom stereocenters. The first-order valence-corrected chi connectivity index (χ1v) is 9.36. The number of likely N-dealkylation sites (N-methyl/N-ethyl adjacent to an activating group) is 1. The molecular formula is C20H18BrN3O2. The Morgan fingerprint density at radius 3 is 2.69 bits per heavy atom. The van der Waals surface area contributed by atoms with Crippen LogP contribution in [0.1, 0.15) is 24.2 Å². The van der Waals surface area contributed by atoms with Crippen molar-refractivity contribution in [1.82, 2.24) is 9.55 Å². The van der Waals surface area contributed by atoms with Crippen LogP contribution in [0.3, 0.4) is 0 Å². The van der Waals surface area contributed by atoms with Crippen molar-refractivity contribution in [2.75, 3.05) is 11.4 Å². The lowest BCUT2D eigenvalue weighted by molar-refractivity contribution is -0.119. The number of amides is 1. The molecule has 4 rings (SSSR count). The molecule has 3 aromatic rings. The van der Waals surface area contributed by atoms with Crippen molar-refractivity contribution in [2.24, 2.45) is 7.05 Å². The zero-order valence-corrected chi connectivity index (χ0v) is 16.2. The fraction of sp³-hybridized carbons (Fsp3) is 0.250. The number of benzene rings is 2. The molecule has 132 valence electrons. The Bertz CT molecular complexity index is 1090. The fourth-order valence-electron chi connectivity index (χ4n) is 3.64. The summed E-state index contributed by atoms with van der Waals surface area (Å²) in [6.07, 6.45) is 0.398. The highest BCUT2D eigenvalue weighted by molar-refractivity contribution is 9.10. The molecule has 0 saturated heterocycles. The van der Waals surface area contributed by atoms with Crippen LogP contribution in [-0.2, 0) is 18.3 Å². The van der Waals surface area contributed by atoms with Crippen LogP contribution < -0.4 is 10.5 Å². The first-order chi connectivity index (χ1) is 12.5. The molecule has 1 amide bonds. The Morgan fingerprint density at radius 1 is 1.15 bits per heavy atom. The van der Waals surface area contributed by atoms with E-state index in [0.29, 0.717) is 29.7 Å². The number of fused-ring (bicyclic) bond motifs is 2. The molecule has 0 fully saturated rings. The van der Waals surface area contributed by atoms with E-state index in [4.69, 9.17) is 0 Å². The third-order valence-electron chi connectivity index (χ3n) is 5.00. The minimum absolute atomic E-state index is 0.0583. The summed E-state index contributed by atoms with van der Waals surface area (Å²) in [5.41, 5.74) is 2.50. The van der Waals surface area contributed by atoms with Crippen LogP contribution in [-0.4, -0.2) is 22.0 Å². The van der Waals surface area contributed by atoms with E-state index in [2.05, 4.69) is 20.9 Å². The Labute approximate surface area is 159 Å². The summed E-state index contributed by atoms with van der Waals surface area (Å²) in [5, 5.41) is 0.592. The second-order valence-electron chi connectivity index (χ2n) is 6.45. The Balaban J connectivity index is 1.82. The number of carbonyl (C=O) groups excluding carboxylic acids is 1. The summed E-state index contributed by atoms with van der Waals surface area (Å²) in [6, 6.07) is 13.2. The van der Waals surface area contributed by atoms with Crippen molar-refractivity contribution in [3.8, 4) is 0 Å². The summed E-state index contributed by atoms with van der Waals surface area (Å²) >= 11 is 3.50. The molecule has 0 N–H and O–H groups in total. The zero-order valence-electron chi connectivity index (χ0n) is 14.6. The van der Waals surface area contributed by atoms with Crippen LogP contribution in [0.4, 0.5) is 5.69 Å². The maximum absolute atomic E-state index is 13.0. The van der Waals surface area contributed by atoms with Crippen LogP contribution in [0.5, 0.6) is 0 Å². The van der Waals surface area contributed by atoms with Crippen LogP contribution >= 0.6 is 15.9 Å². The number of carbonyl (C=O) groups is 1. The number of hydrogen-bond acceptors (Lipinski definition) is 3. The van der Waals surface area contributed by atoms with Crippen molar-refractivity contribution < 1.29 is 4.79 Å². The van der Waals surface area contributed by atoms with Crippen LogP contribution in [0.15, 0.2) is 51.7 Å². The lowest BCUT2D eigenvalue weighted by atomic mass is 9.96. The highest BCUT2D eigenvalue weighted by Gasteiger charge is 2.37. The van der Waals surface area contributed by atoms with Crippen LogP contribution in [0, 0.1) is 0 Å². The summed E-state index contributed by atoms with van der Waals surface area (Å²) in [5.74, 6) is 0.348. The quantitative estimate of drug-likeness (QED) is 0.663. The van der Waals surface area contributed by atoms with E-state index in [0.717, 1.165) is 15.7 Å². The van der Waals surface area contributed by atoms with Crippen molar-refractivity contribution in [1.29, 1.82) is 0 Å². The highest BCUT2D eigenvalue weighted by atomic mass is 79.9. The van der Waals surface area contributed by atoms with Gasteiger partial charge in [0.15, 0.2) is 0 Å². The Hall–Kier alpha value is -2.47. The number of rotatable bonds is 3. The molecule has 1 aliphatic heterocycles. The molecule has 1 aromatic heterocycles. The van der Waals surface area contributed by atoms with Crippen molar-refractivity contribution >= 4 is 38.4 Å². The molecule has 0 saturated carbocycles. The predicted octanol–water partition coefficient (Wildman–Crippen LogP) is 3.39. The first kappa shape index (κ1) is 17.0. The van der Waals surface area contributed by atoms with Gasteiger partial charge in [-0.2, -0.15) is 0 Å². The largest absolute Gasteiger partial charge is 0.312 e. The third-order valence-corrected chi connectivity index (χ3v) is 5.49. The molecule has 26 heavy (non-hydrogen) atoms. The van der Waals surface area contributed by atoms with Crippen molar-refractivity contribution in [2.45, 2.75) is 19.3 Å². The van der Waals surface area contributed by atoms with Gasteiger partial charge in [-0.25, -0.2) is 4.98 Å². The fourth-order valence-corrected chi connectivity index (χ4v) is 4.02. The first-order valence-electron chi connectivity index (χ1n) is 8.56. The lowest BCUT2D eigenvalue weighted by Crippen LogP contribution is -2.30. The molecule has 1 atom stereocenters. The van der Waals surface area contributed by atoms with E-state index in [9.17, 15) is 9.59 Å². The van der Waals surface area contributed by atoms with E-state index >= 15 is 0 Å². The van der Waals surface area contributed by atoms with Gasteiger partial charge in [-0.1, -0.05) is 28.1 Å².